The normalized spacial score (nSPS) is 15.8. The molecule has 0 aromatic carbocycles. The minimum atomic E-state index is -1.05. The fourth-order valence-corrected chi connectivity index (χ4v) is 1.95. The van der Waals surface area contributed by atoms with Gasteiger partial charge in [0.2, 0.25) is 0 Å². The van der Waals surface area contributed by atoms with Crippen LogP contribution in [-0.4, -0.2) is 13.9 Å². The summed E-state index contributed by atoms with van der Waals surface area (Å²) in [5.41, 5.74) is 2.05. The maximum atomic E-state index is 11.9. The second-order valence-corrected chi connectivity index (χ2v) is 6.95. The number of hydrogen-bond donors (Lipinski definition) is 1. The molecule has 1 aromatic rings. The van der Waals surface area contributed by atoms with E-state index in [1.165, 1.54) is 0 Å². The van der Waals surface area contributed by atoms with Crippen LogP contribution in [-0.2, 0) is 11.0 Å². The fourth-order valence-electron chi connectivity index (χ4n) is 1.14. The molecule has 1 rings (SSSR count). The molecule has 1 unspecified atom stereocenters. The van der Waals surface area contributed by atoms with E-state index in [0.29, 0.717) is 0 Å². The van der Waals surface area contributed by atoms with Gasteiger partial charge in [-0.15, -0.1) is 0 Å². The summed E-state index contributed by atoms with van der Waals surface area (Å²) in [6, 6.07) is 4.03. The van der Waals surface area contributed by atoms with Crippen LogP contribution < -0.4 is 4.72 Å². The quantitative estimate of drug-likeness (QED) is 0.882. The Bertz CT molecular complexity index is 368. The average molecular weight is 240 g/mol. The molecule has 0 saturated carbocycles. The summed E-state index contributed by atoms with van der Waals surface area (Å²) in [7, 11) is -1.05. The second-order valence-electron chi connectivity index (χ2n) is 4.95. The Hall–Kier alpha value is -0.740. The molecular weight excluding hydrogens is 220 g/mol. The molecule has 16 heavy (non-hydrogen) atoms. The SMILES string of the molecule is Cc1ccc([C@H](C)NS(=O)C(C)(C)C)cn1. The van der Waals surface area contributed by atoms with Gasteiger partial charge in [0, 0.05) is 17.9 Å². The third-order valence-electron chi connectivity index (χ3n) is 2.27. The molecule has 0 fully saturated rings. The van der Waals surface area contributed by atoms with E-state index in [4.69, 9.17) is 0 Å². The summed E-state index contributed by atoms with van der Waals surface area (Å²) >= 11 is 0. The van der Waals surface area contributed by atoms with E-state index >= 15 is 0 Å². The summed E-state index contributed by atoms with van der Waals surface area (Å²) < 4.78 is 14.7. The van der Waals surface area contributed by atoms with Crippen molar-refractivity contribution >= 4 is 11.0 Å². The first-order valence-corrected chi connectivity index (χ1v) is 6.56. The van der Waals surface area contributed by atoms with Crippen molar-refractivity contribution in [2.75, 3.05) is 0 Å². The van der Waals surface area contributed by atoms with Gasteiger partial charge < -0.3 is 0 Å². The van der Waals surface area contributed by atoms with E-state index in [9.17, 15) is 4.21 Å². The summed E-state index contributed by atoms with van der Waals surface area (Å²) in [4.78, 5) is 4.23. The lowest BCUT2D eigenvalue weighted by Gasteiger charge is -2.22. The molecule has 0 radical (unpaired) electrons. The molecule has 2 atom stereocenters. The molecular formula is C12H20N2OS. The number of rotatable bonds is 3. The Morgan fingerprint density at radius 2 is 2.00 bits per heavy atom. The first-order valence-electron chi connectivity index (χ1n) is 5.41. The minimum Gasteiger partial charge on any atom is -0.261 e. The number of aromatic nitrogens is 1. The van der Waals surface area contributed by atoms with E-state index in [1.807, 2.05) is 52.9 Å². The van der Waals surface area contributed by atoms with Gasteiger partial charge >= 0.3 is 0 Å². The molecule has 4 heteroatoms. The first-order chi connectivity index (χ1) is 7.30. The van der Waals surface area contributed by atoms with E-state index in [2.05, 4.69) is 9.71 Å². The van der Waals surface area contributed by atoms with E-state index in [-0.39, 0.29) is 10.8 Å². The Morgan fingerprint density at radius 1 is 1.38 bits per heavy atom. The van der Waals surface area contributed by atoms with Gasteiger partial charge in [-0.1, -0.05) is 6.07 Å². The Morgan fingerprint density at radius 3 is 2.44 bits per heavy atom. The predicted octanol–water partition coefficient (Wildman–Crippen LogP) is 2.50. The highest BCUT2D eigenvalue weighted by Gasteiger charge is 2.21. The maximum Gasteiger partial charge on any atom is 0.0975 e. The van der Waals surface area contributed by atoms with Crippen molar-refractivity contribution in [2.24, 2.45) is 0 Å². The standard InChI is InChI=1S/C12H20N2OS/c1-9-6-7-11(8-13-9)10(2)14-16(15)12(3,4)5/h6-8,10,14H,1-5H3/t10-,16?/m0/s1. The lowest BCUT2D eigenvalue weighted by molar-refractivity contribution is 0.615. The lowest BCUT2D eigenvalue weighted by Crippen LogP contribution is -2.34. The van der Waals surface area contributed by atoms with Crippen molar-refractivity contribution in [2.45, 2.75) is 45.4 Å². The number of nitrogens with zero attached hydrogens (tertiary/aromatic N) is 1. The largest absolute Gasteiger partial charge is 0.261 e. The van der Waals surface area contributed by atoms with Crippen LogP contribution >= 0.6 is 0 Å². The molecule has 1 aromatic heterocycles. The van der Waals surface area contributed by atoms with Gasteiger partial charge in [0.15, 0.2) is 0 Å². The molecule has 1 N–H and O–H groups in total. The maximum absolute atomic E-state index is 11.9. The minimum absolute atomic E-state index is 0.0492. The molecule has 0 amide bonds. The Labute approximate surface area is 100 Å². The molecule has 0 aliphatic heterocycles. The highest BCUT2D eigenvalue weighted by atomic mass is 32.2. The molecule has 3 nitrogen and oxygen atoms in total. The van der Waals surface area contributed by atoms with Gasteiger partial charge in [0.05, 0.1) is 15.7 Å². The molecule has 0 bridgehead atoms. The van der Waals surface area contributed by atoms with Crippen LogP contribution in [0.25, 0.3) is 0 Å². The number of hydrogen-bond acceptors (Lipinski definition) is 2. The number of pyridine rings is 1. The van der Waals surface area contributed by atoms with Crippen molar-refractivity contribution in [3.63, 3.8) is 0 Å². The zero-order valence-corrected chi connectivity index (χ0v) is 11.4. The highest BCUT2D eigenvalue weighted by molar-refractivity contribution is 7.84. The highest BCUT2D eigenvalue weighted by Crippen LogP contribution is 2.16. The van der Waals surface area contributed by atoms with Gasteiger partial charge in [-0.05, 0) is 46.2 Å². The Kier molecular flexibility index (Phi) is 4.21. The summed E-state index contributed by atoms with van der Waals surface area (Å²) in [6.07, 6.45) is 1.83. The van der Waals surface area contributed by atoms with Crippen LogP contribution in [0, 0.1) is 6.92 Å². The van der Waals surface area contributed by atoms with Crippen molar-refractivity contribution < 1.29 is 4.21 Å². The van der Waals surface area contributed by atoms with E-state index in [0.717, 1.165) is 11.3 Å². The summed E-state index contributed by atoms with van der Waals surface area (Å²) in [5, 5.41) is 0. The smallest absolute Gasteiger partial charge is 0.0975 e. The van der Waals surface area contributed by atoms with Gasteiger partial charge in [-0.25, -0.2) is 8.93 Å². The Balaban J connectivity index is 2.69. The molecule has 0 aliphatic carbocycles. The van der Waals surface area contributed by atoms with E-state index < -0.39 is 11.0 Å². The number of aryl methyl sites for hydroxylation is 1. The topological polar surface area (TPSA) is 42.0 Å². The van der Waals surface area contributed by atoms with Crippen molar-refractivity contribution in [3.05, 3.63) is 29.6 Å². The molecule has 0 aliphatic rings. The molecule has 0 saturated heterocycles. The van der Waals surface area contributed by atoms with Crippen LogP contribution in [0.15, 0.2) is 18.3 Å². The first kappa shape index (κ1) is 13.3. The summed E-state index contributed by atoms with van der Waals surface area (Å²) in [6.45, 7) is 9.81. The van der Waals surface area contributed by atoms with Crippen molar-refractivity contribution in [1.29, 1.82) is 0 Å². The average Bonchev–Trinajstić information content (AvgIpc) is 2.17. The number of nitrogens with one attached hydrogen (secondary N) is 1. The zero-order valence-electron chi connectivity index (χ0n) is 10.6. The van der Waals surface area contributed by atoms with Crippen molar-refractivity contribution in [1.82, 2.24) is 9.71 Å². The third-order valence-corrected chi connectivity index (χ3v) is 3.95. The molecule has 1 heterocycles. The van der Waals surface area contributed by atoms with Crippen molar-refractivity contribution in [3.8, 4) is 0 Å². The summed E-state index contributed by atoms with van der Waals surface area (Å²) in [5.74, 6) is 0. The third kappa shape index (κ3) is 3.68. The van der Waals surface area contributed by atoms with Crippen LogP contribution in [0.4, 0.5) is 0 Å². The molecule has 90 valence electrons. The van der Waals surface area contributed by atoms with Gasteiger partial charge in [0.25, 0.3) is 0 Å². The van der Waals surface area contributed by atoms with Crippen LogP contribution in [0.2, 0.25) is 0 Å². The van der Waals surface area contributed by atoms with Crippen LogP contribution in [0.5, 0.6) is 0 Å². The van der Waals surface area contributed by atoms with Crippen LogP contribution in [0.3, 0.4) is 0 Å². The monoisotopic (exact) mass is 240 g/mol. The molecule has 0 spiro atoms. The van der Waals surface area contributed by atoms with Crippen LogP contribution in [0.1, 0.15) is 45.0 Å². The fraction of sp³-hybridized carbons (Fsp3) is 0.583. The lowest BCUT2D eigenvalue weighted by atomic mass is 10.1. The van der Waals surface area contributed by atoms with Gasteiger partial charge in [-0.2, -0.15) is 0 Å². The van der Waals surface area contributed by atoms with E-state index in [1.54, 1.807) is 0 Å². The van der Waals surface area contributed by atoms with Gasteiger partial charge in [0.1, 0.15) is 0 Å². The predicted molar refractivity (Wildman–Crippen MR) is 68.4 cm³/mol. The van der Waals surface area contributed by atoms with Gasteiger partial charge in [-0.3, -0.25) is 4.98 Å². The second kappa shape index (κ2) is 5.06. The zero-order chi connectivity index (χ0) is 12.3.